The van der Waals surface area contributed by atoms with Crippen molar-refractivity contribution in [2.75, 3.05) is 25.4 Å². The van der Waals surface area contributed by atoms with Crippen molar-refractivity contribution in [3.05, 3.63) is 59.9 Å². The van der Waals surface area contributed by atoms with E-state index in [9.17, 15) is 9.18 Å². The summed E-state index contributed by atoms with van der Waals surface area (Å²) in [6.07, 6.45) is 3.83. The van der Waals surface area contributed by atoms with Crippen molar-refractivity contribution in [1.29, 1.82) is 0 Å². The highest BCUT2D eigenvalue weighted by molar-refractivity contribution is 5.95. The Morgan fingerprint density at radius 2 is 1.71 bits per heavy atom. The molecule has 3 aromatic rings. The van der Waals surface area contributed by atoms with Crippen LogP contribution in [0.25, 0.3) is 11.0 Å². The lowest BCUT2D eigenvalue weighted by molar-refractivity contribution is -0.642. The fourth-order valence-electron chi connectivity index (χ4n) is 4.01. The Morgan fingerprint density at radius 1 is 1.00 bits per heavy atom. The van der Waals surface area contributed by atoms with Crippen molar-refractivity contribution in [1.82, 2.24) is 9.47 Å². The number of hydrogen-bond acceptors (Lipinski definition) is 3. The van der Waals surface area contributed by atoms with Gasteiger partial charge in [0.05, 0.1) is 6.54 Å². The predicted octanol–water partition coefficient (Wildman–Crippen LogP) is 3.02. The van der Waals surface area contributed by atoms with Crippen molar-refractivity contribution >= 4 is 22.8 Å². The van der Waals surface area contributed by atoms with E-state index < -0.39 is 0 Å². The third-order valence-electron chi connectivity index (χ3n) is 5.57. The van der Waals surface area contributed by atoms with Crippen molar-refractivity contribution in [3.63, 3.8) is 0 Å². The van der Waals surface area contributed by atoms with Gasteiger partial charge in [-0.1, -0.05) is 18.6 Å². The number of rotatable bonds is 6. The molecule has 4 rings (SSSR count). The molecule has 0 unspecified atom stereocenters. The maximum absolute atomic E-state index is 13.1. The van der Waals surface area contributed by atoms with Crippen LogP contribution in [0, 0.1) is 5.82 Å². The van der Waals surface area contributed by atoms with Crippen molar-refractivity contribution < 1.29 is 13.8 Å². The molecule has 0 spiro atoms. The first-order valence-corrected chi connectivity index (χ1v) is 9.91. The van der Waals surface area contributed by atoms with Crippen LogP contribution in [0.3, 0.4) is 0 Å². The van der Waals surface area contributed by atoms with E-state index in [1.165, 1.54) is 43.5 Å². The second-order valence-electron chi connectivity index (χ2n) is 7.42. The zero-order chi connectivity index (χ0) is 19.5. The number of carbonyl (C=O) groups is 1. The van der Waals surface area contributed by atoms with Crippen LogP contribution in [-0.2, 0) is 13.1 Å². The molecule has 0 amide bonds. The van der Waals surface area contributed by atoms with Gasteiger partial charge in [-0.15, -0.1) is 0 Å². The predicted molar refractivity (Wildman–Crippen MR) is 108 cm³/mol. The van der Waals surface area contributed by atoms with E-state index in [-0.39, 0.29) is 18.1 Å². The quantitative estimate of drug-likeness (QED) is 0.528. The molecule has 146 valence electrons. The number of nitrogens with two attached hydrogens (primary N) is 1. The normalized spacial score (nSPS) is 15.2. The van der Waals surface area contributed by atoms with Crippen LogP contribution < -0.4 is 10.3 Å². The summed E-state index contributed by atoms with van der Waals surface area (Å²) in [5, 5.41) is 0. The van der Waals surface area contributed by atoms with E-state index in [0.29, 0.717) is 11.5 Å². The van der Waals surface area contributed by atoms with Gasteiger partial charge in [0.15, 0.2) is 5.78 Å². The Morgan fingerprint density at radius 3 is 2.46 bits per heavy atom. The second-order valence-corrected chi connectivity index (χ2v) is 7.42. The number of fused-ring (bicyclic) bond motifs is 1. The van der Waals surface area contributed by atoms with E-state index in [0.717, 1.165) is 37.2 Å². The van der Waals surface area contributed by atoms with Crippen molar-refractivity contribution in [2.45, 2.75) is 32.4 Å². The van der Waals surface area contributed by atoms with Crippen LogP contribution in [0.4, 0.5) is 10.3 Å². The van der Waals surface area contributed by atoms with Crippen LogP contribution in [-0.4, -0.2) is 34.9 Å². The lowest BCUT2D eigenvalue weighted by Gasteiger charge is -2.25. The number of nitrogen functional groups attached to an aromatic ring is 1. The highest BCUT2D eigenvalue weighted by atomic mass is 19.1. The number of imidazole rings is 1. The third-order valence-corrected chi connectivity index (χ3v) is 5.57. The first-order chi connectivity index (χ1) is 13.6. The average Bonchev–Trinajstić information content (AvgIpc) is 2.99. The number of hydrogen-bond donors (Lipinski definition) is 1. The van der Waals surface area contributed by atoms with Gasteiger partial charge in [0.1, 0.15) is 23.4 Å². The van der Waals surface area contributed by atoms with Gasteiger partial charge in [0.25, 0.3) is 0 Å². The summed E-state index contributed by atoms with van der Waals surface area (Å²) >= 11 is 0. The van der Waals surface area contributed by atoms with Gasteiger partial charge in [-0.2, -0.15) is 0 Å². The standard InChI is InChI=1S/C22H25FN4O/c23-18-10-8-17(9-11-18)21(28)16-27-20-7-3-2-6-19(20)26(22(27)24)15-14-25-12-4-1-5-13-25/h2-3,6-11,24H,1,4-5,12-16H2/p+1. The number of likely N-dealkylation sites (tertiary alicyclic amines) is 1. The van der Waals surface area contributed by atoms with Crippen molar-refractivity contribution in [3.8, 4) is 0 Å². The number of aromatic nitrogens is 2. The molecule has 1 saturated heterocycles. The Balaban J connectivity index is 1.60. The van der Waals surface area contributed by atoms with E-state index in [4.69, 9.17) is 5.73 Å². The number of Topliss-reactive ketones (excluding diaryl/α,β-unsaturated/α-hetero) is 1. The Bertz CT molecular complexity index is 974. The molecule has 2 N–H and O–H groups in total. The van der Waals surface area contributed by atoms with Gasteiger partial charge in [-0.3, -0.25) is 10.5 Å². The fraction of sp³-hybridized carbons (Fsp3) is 0.364. The largest absolute Gasteiger partial charge is 0.356 e. The van der Waals surface area contributed by atoms with Crippen LogP contribution in [0.2, 0.25) is 0 Å². The van der Waals surface area contributed by atoms with Crippen LogP contribution >= 0.6 is 0 Å². The monoisotopic (exact) mass is 381 g/mol. The molecule has 0 aliphatic carbocycles. The molecule has 0 bridgehead atoms. The summed E-state index contributed by atoms with van der Waals surface area (Å²) in [5.74, 6) is 0.141. The van der Waals surface area contributed by atoms with Gasteiger partial charge in [-0.25, -0.2) is 13.5 Å². The Hall–Kier alpha value is -2.73. The Labute approximate surface area is 164 Å². The Kier molecular flexibility index (Phi) is 5.39. The first-order valence-electron chi connectivity index (χ1n) is 9.91. The summed E-state index contributed by atoms with van der Waals surface area (Å²) in [6, 6.07) is 13.6. The number of para-hydroxylation sites is 2. The minimum Gasteiger partial charge on any atom is -0.300 e. The van der Waals surface area contributed by atoms with E-state index in [2.05, 4.69) is 9.47 Å². The topological polar surface area (TPSA) is 55.1 Å². The minimum atomic E-state index is -0.349. The highest BCUT2D eigenvalue weighted by Crippen LogP contribution is 2.17. The summed E-state index contributed by atoms with van der Waals surface area (Å²) in [7, 11) is 0. The van der Waals surface area contributed by atoms with E-state index >= 15 is 0 Å². The molecule has 0 radical (unpaired) electrons. The van der Waals surface area contributed by atoms with Crippen LogP contribution in [0.15, 0.2) is 48.5 Å². The maximum Gasteiger partial charge on any atom is 0.356 e. The summed E-state index contributed by atoms with van der Waals surface area (Å²) in [6.45, 7) is 4.16. The van der Waals surface area contributed by atoms with Gasteiger partial charge >= 0.3 is 5.95 Å². The molecule has 1 aliphatic rings. The minimum absolute atomic E-state index is 0.0874. The zero-order valence-corrected chi connectivity index (χ0v) is 16.0. The van der Waals surface area contributed by atoms with E-state index in [1.54, 1.807) is 0 Å². The van der Waals surface area contributed by atoms with Gasteiger partial charge in [0, 0.05) is 12.1 Å². The summed E-state index contributed by atoms with van der Waals surface area (Å²) in [4.78, 5) is 15.2. The van der Waals surface area contributed by atoms with Gasteiger partial charge in [-0.05, 0) is 62.3 Å². The maximum atomic E-state index is 13.1. The molecule has 0 atom stereocenters. The number of piperidine rings is 1. The van der Waals surface area contributed by atoms with Gasteiger partial charge in [0.2, 0.25) is 0 Å². The van der Waals surface area contributed by atoms with Crippen LogP contribution in [0.1, 0.15) is 29.6 Å². The molecular weight excluding hydrogens is 355 g/mol. The molecule has 1 fully saturated rings. The molecule has 2 aromatic carbocycles. The number of ketones is 1. The zero-order valence-electron chi connectivity index (χ0n) is 16.0. The molecule has 28 heavy (non-hydrogen) atoms. The first kappa shape index (κ1) is 18.6. The molecule has 0 saturated carbocycles. The SMILES string of the molecule is Nc1n(CCN2CCCCC2)c2ccccc2[n+]1CC(=O)c1ccc(F)cc1. The molecule has 1 aromatic heterocycles. The highest BCUT2D eigenvalue weighted by Gasteiger charge is 2.23. The second kappa shape index (κ2) is 8.10. The number of anilines is 1. The summed E-state index contributed by atoms with van der Waals surface area (Å²) in [5.41, 5.74) is 8.93. The van der Waals surface area contributed by atoms with E-state index in [1.807, 2.05) is 28.8 Å². The molecular formula is C22H26FN4O+. The average molecular weight is 381 g/mol. The molecule has 5 nitrogen and oxygen atoms in total. The van der Waals surface area contributed by atoms with Crippen molar-refractivity contribution in [2.24, 2.45) is 0 Å². The fourth-order valence-corrected chi connectivity index (χ4v) is 4.01. The lowest BCUT2D eigenvalue weighted by Crippen LogP contribution is -2.41. The number of carbonyl (C=O) groups excluding carboxylic acids is 1. The van der Waals surface area contributed by atoms with Gasteiger partial charge < -0.3 is 4.90 Å². The van der Waals surface area contributed by atoms with Crippen LogP contribution in [0.5, 0.6) is 0 Å². The molecule has 1 aliphatic heterocycles. The lowest BCUT2D eigenvalue weighted by atomic mass is 10.1. The number of halogens is 1. The summed E-state index contributed by atoms with van der Waals surface area (Å²) < 4.78 is 17.1. The smallest absolute Gasteiger partial charge is 0.300 e. The number of nitrogens with zero attached hydrogens (tertiary/aromatic N) is 3. The molecule has 6 heteroatoms. The number of benzene rings is 2. The molecule has 2 heterocycles. The third kappa shape index (κ3) is 3.78.